The summed E-state index contributed by atoms with van der Waals surface area (Å²) < 4.78 is 0. The summed E-state index contributed by atoms with van der Waals surface area (Å²) >= 11 is 0. The topological polar surface area (TPSA) is 114 Å². The Labute approximate surface area is 104 Å². The molecule has 1 aromatic heterocycles. The van der Waals surface area contributed by atoms with E-state index in [9.17, 15) is 0 Å². The Hall–Kier alpha value is -1.95. The van der Waals surface area contributed by atoms with Crippen LogP contribution in [0.4, 0.5) is 0 Å². The van der Waals surface area contributed by atoms with Gasteiger partial charge < -0.3 is 15.9 Å². The molecule has 6 nitrogen and oxygen atoms in total. The molecule has 98 valence electrons. The number of nitrogens with two attached hydrogens (primary N) is 1. The highest BCUT2D eigenvalue weighted by atomic mass is 16.4. The van der Waals surface area contributed by atoms with Crippen LogP contribution in [0.15, 0.2) is 12.1 Å². The fraction of sp³-hybridized carbons (Fsp3) is 0.417. The monoisotopic (exact) mass is 252 g/mol. The summed E-state index contributed by atoms with van der Waals surface area (Å²) in [6.45, 7) is 2.02. The number of fused-ring (bicyclic) bond motifs is 1. The van der Waals surface area contributed by atoms with E-state index in [1.807, 2.05) is 6.92 Å². The fourth-order valence-corrected chi connectivity index (χ4v) is 1.79. The molecule has 0 saturated heterocycles. The maximum Gasteiger partial charge on any atom is 0.414 e. The Morgan fingerprint density at radius 1 is 1.33 bits per heavy atom. The number of carboxylic acids is 2. The highest BCUT2D eigenvalue weighted by Crippen LogP contribution is 2.25. The van der Waals surface area contributed by atoms with E-state index in [1.54, 1.807) is 0 Å². The number of hydrogen-bond acceptors (Lipinski definition) is 4. The van der Waals surface area contributed by atoms with E-state index in [1.165, 1.54) is 12.0 Å². The Morgan fingerprint density at radius 2 is 1.94 bits per heavy atom. The van der Waals surface area contributed by atoms with E-state index in [-0.39, 0.29) is 6.04 Å². The van der Waals surface area contributed by atoms with E-state index in [4.69, 9.17) is 25.5 Å². The van der Waals surface area contributed by atoms with E-state index in [0.717, 1.165) is 24.2 Å². The number of carboxylic acid groups (broad SMARTS) is 2. The van der Waals surface area contributed by atoms with Crippen LogP contribution in [0.3, 0.4) is 0 Å². The van der Waals surface area contributed by atoms with Crippen molar-refractivity contribution in [2.24, 2.45) is 5.73 Å². The number of rotatable bonds is 0. The van der Waals surface area contributed by atoms with Gasteiger partial charge >= 0.3 is 11.9 Å². The fourth-order valence-electron chi connectivity index (χ4n) is 1.79. The van der Waals surface area contributed by atoms with Gasteiger partial charge in [-0.05, 0) is 37.8 Å². The normalized spacial score (nSPS) is 17.1. The molecule has 6 heteroatoms. The predicted molar refractivity (Wildman–Crippen MR) is 64.1 cm³/mol. The third kappa shape index (κ3) is 3.81. The zero-order valence-corrected chi connectivity index (χ0v) is 10.1. The summed E-state index contributed by atoms with van der Waals surface area (Å²) in [5.74, 6) is -3.65. The van der Waals surface area contributed by atoms with Gasteiger partial charge in [0, 0.05) is 11.7 Å². The van der Waals surface area contributed by atoms with Gasteiger partial charge in [-0.3, -0.25) is 4.98 Å². The van der Waals surface area contributed by atoms with Crippen LogP contribution in [-0.2, 0) is 16.0 Å². The van der Waals surface area contributed by atoms with Gasteiger partial charge in [-0.25, -0.2) is 9.59 Å². The highest BCUT2D eigenvalue weighted by molar-refractivity contribution is 6.27. The summed E-state index contributed by atoms with van der Waals surface area (Å²) in [5.41, 5.74) is 9.50. The molecule has 2 rings (SSSR count). The van der Waals surface area contributed by atoms with Crippen LogP contribution in [0.1, 0.15) is 35.8 Å². The molecule has 0 aliphatic heterocycles. The maximum absolute atomic E-state index is 9.10. The van der Waals surface area contributed by atoms with Crippen molar-refractivity contribution in [1.82, 2.24) is 4.98 Å². The summed E-state index contributed by atoms with van der Waals surface area (Å²) in [6.07, 6.45) is 3.44. The average molecular weight is 252 g/mol. The molecule has 1 heterocycles. The van der Waals surface area contributed by atoms with Gasteiger partial charge in [0.05, 0.1) is 5.69 Å². The first-order chi connectivity index (χ1) is 8.41. The second-order valence-corrected chi connectivity index (χ2v) is 4.11. The molecule has 18 heavy (non-hydrogen) atoms. The molecule has 1 aliphatic rings. The largest absolute Gasteiger partial charge is 0.473 e. The second kappa shape index (κ2) is 6.11. The Bertz CT molecular complexity index is 447. The van der Waals surface area contributed by atoms with Crippen molar-refractivity contribution in [3.05, 3.63) is 29.1 Å². The van der Waals surface area contributed by atoms with Gasteiger partial charge in [0.2, 0.25) is 0 Å². The van der Waals surface area contributed by atoms with Crippen LogP contribution in [0.5, 0.6) is 0 Å². The smallest absolute Gasteiger partial charge is 0.414 e. The molecule has 0 aromatic carbocycles. The van der Waals surface area contributed by atoms with Crippen molar-refractivity contribution < 1.29 is 19.8 Å². The van der Waals surface area contributed by atoms with Crippen LogP contribution in [0, 0.1) is 6.92 Å². The lowest BCUT2D eigenvalue weighted by molar-refractivity contribution is -0.159. The summed E-state index contributed by atoms with van der Waals surface area (Å²) in [6, 6.07) is 4.40. The molecule has 0 amide bonds. The Kier molecular flexibility index (Phi) is 4.79. The number of hydrogen-bond donors (Lipinski definition) is 3. The lowest BCUT2D eigenvalue weighted by Gasteiger charge is -2.20. The lowest BCUT2D eigenvalue weighted by Crippen LogP contribution is -2.19. The molecule has 0 saturated carbocycles. The zero-order valence-electron chi connectivity index (χ0n) is 10.1. The van der Waals surface area contributed by atoms with Crippen LogP contribution < -0.4 is 5.73 Å². The van der Waals surface area contributed by atoms with Crippen molar-refractivity contribution in [3.63, 3.8) is 0 Å². The summed E-state index contributed by atoms with van der Waals surface area (Å²) in [7, 11) is 0. The summed E-state index contributed by atoms with van der Waals surface area (Å²) in [5, 5.41) is 14.8. The lowest BCUT2D eigenvalue weighted by atomic mass is 9.92. The third-order valence-corrected chi connectivity index (χ3v) is 2.65. The summed E-state index contributed by atoms with van der Waals surface area (Å²) in [4.78, 5) is 22.7. The molecule has 0 bridgehead atoms. The van der Waals surface area contributed by atoms with E-state index < -0.39 is 11.9 Å². The van der Waals surface area contributed by atoms with E-state index >= 15 is 0 Å². The molecule has 1 aliphatic carbocycles. The first kappa shape index (κ1) is 14.1. The number of carbonyl (C=O) groups is 2. The molecule has 1 unspecified atom stereocenters. The van der Waals surface area contributed by atoms with Crippen molar-refractivity contribution in [2.45, 2.75) is 32.2 Å². The van der Waals surface area contributed by atoms with Gasteiger partial charge in [0.1, 0.15) is 0 Å². The van der Waals surface area contributed by atoms with Crippen molar-refractivity contribution >= 4 is 11.9 Å². The first-order valence-corrected chi connectivity index (χ1v) is 5.60. The average Bonchev–Trinajstić information content (AvgIpc) is 2.31. The van der Waals surface area contributed by atoms with E-state index in [0.29, 0.717) is 0 Å². The molecular formula is C12H16N2O4. The van der Waals surface area contributed by atoms with Gasteiger partial charge in [-0.1, -0.05) is 6.07 Å². The van der Waals surface area contributed by atoms with Crippen LogP contribution in [0.25, 0.3) is 0 Å². The highest BCUT2D eigenvalue weighted by Gasteiger charge is 2.17. The molecule has 1 atom stereocenters. The van der Waals surface area contributed by atoms with Crippen LogP contribution >= 0.6 is 0 Å². The van der Waals surface area contributed by atoms with Gasteiger partial charge in [0.25, 0.3) is 0 Å². The second-order valence-electron chi connectivity index (χ2n) is 4.11. The van der Waals surface area contributed by atoms with Crippen LogP contribution in [0.2, 0.25) is 0 Å². The quantitative estimate of drug-likeness (QED) is 0.591. The number of aryl methyl sites for hydroxylation is 2. The van der Waals surface area contributed by atoms with E-state index in [2.05, 4.69) is 17.1 Å². The number of nitrogens with zero attached hydrogens (tertiary/aromatic N) is 1. The van der Waals surface area contributed by atoms with Crippen molar-refractivity contribution in [3.8, 4) is 0 Å². The SMILES string of the molecule is Cc1ccc2c(n1)C(N)CCC2.O=C(O)C(=O)O. The molecule has 4 N–H and O–H groups in total. The number of pyridine rings is 1. The van der Waals surface area contributed by atoms with Gasteiger partial charge in [0.15, 0.2) is 0 Å². The molecule has 0 fully saturated rings. The molecule has 0 radical (unpaired) electrons. The minimum atomic E-state index is -1.82. The number of aromatic nitrogens is 1. The number of aliphatic carboxylic acids is 2. The minimum absolute atomic E-state index is 0.175. The Balaban J connectivity index is 0.000000232. The minimum Gasteiger partial charge on any atom is -0.473 e. The molecule has 0 spiro atoms. The first-order valence-electron chi connectivity index (χ1n) is 5.60. The predicted octanol–water partition coefficient (Wildman–Crippen LogP) is 0.882. The van der Waals surface area contributed by atoms with Gasteiger partial charge in [-0.15, -0.1) is 0 Å². The molecule has 1 aromatic rings. The van der Waals surface area contributed by atoms with Gasteiger partial charge in [-0.2, -0.15) is 0 Å². The zero-order chi connectivity index (χ0) is 13.7. The molecular weight excluding hydrogens is 236 g/mol. The van der Waals surface area contributed by atoms with Crippen molar-refractivity contribution in [1.29, 1.82) is 0 Å². The standard InChI is InChI=1S/C10H14N2.C2H2O4/c1-7-5-6-8-3-2-4-9(11)10(8)12-7;3-1(4)2(5)6/h5-6,9H,2-4,11H2,1H3;(H,3,4)(H,5,6). The third-order valence-electron chi connectivity index (χ3n) is 2.65. The van der Waals surface area contributed by atoms with Crippen LogP contribution in [-0.4, -0.2) is 27.1 Å². The maximum atomic E-state index is 9.10. The Morgan fingerprint density at radius 3 is 2.50 bits per heavy atom. The van der Waals surface area contributed by atoms with Crippen molar-refractivity contribution in [2.75, 3.05) is 0 Å².